The summed E-state index contributed by atoms with van der Waals surface area (Å²) in [6.07, 6.45) is 2.09. The van der Waals surface area contributed by atoms with E-state index in [0.29, 0.717) is 0 Å². The lowest BCUT2D eigenvalue weighted by molar-refractivity contribution is 0.367. The van der Waals surface area contributed by atoms with Gasteiger partial charge >= 0.3 is 0 Å². The SMILES string of the molecule is CSC1=N[C@@H](c2ccccc2)[C@@H](c2ccccc2)N1C. The number of rotatable bonds is 2. The predicted molar refractivity (Wildman–Crippen MR) is 87.1 cm³/mol. The average molecular weight is 282 g/mol. The van der Waals surface area contributed by atoms with Gasteiger partial charge in [0.2, 0.25) is 0 Å². The molecule has 0 aliphatic carbocycles. The van der Waals surface area contributed by atoms with Crippen molar-refractivity contribution in [3.8, 4) is 0 Å². The van der Waals surface area contributed by atoms with Gasteiger partial charge in [-0.3, -0.25) is 4.99 Å². The normalized spacial score (nSPS) is 21.9. The summed E-state index contributed by atoms with van der Waals surface area (Å²) in [4.78, 5) is 7.21. The van der Waals surface area contributed by atoms with Gasteiger partial charge in [-0.1, -0.05) is 72.4 Å². The van der Waals surface area contributed by atoms with Crippen molar-refractivity contribution in [2.24, 2.45) is 4.99 Å². The predicted octanol–water partition coefficient (Wildman–Crippen LogP) is 4.13. The lowest BCUT2D eigenvalue weighted by Gasteiger charge is -2.27. The van der Waals surface area contributed by atoms with Crippen LogP contribution in [0.4, 0.5) is 0 Å². The maximum Gasteiger partial charge on any atom is 0.159 e. The third kappa shape index (κ3) is 2.34. The smallest absolute Gasteiger partial charge is 0.159 e. The van der Waals surface area contributed by atoms with Crippen molar-refractivity contribution in [1.82, 2.24) is 4.90 Å². The lowest BCUT2D eigenvalue weighted by atomic mass is 9.94. The second kappa shape index (κ2) is 5.71. The van der Waals surface area contributed by atoms with Crippen molar-refractivity contribution >= 4 is 16.9 Å². The van der Waals surface area contributed by atoms with Crippen molar-refractivity contribution in [3.63, 3.8) is 0 Å². The molecule has 1 heterocycles. The third-order valence-electron chi connectivity index (χ3n) is 3.73. The highest BCUT2D eigenvalue weighted by Crippen LogP contribution is 2.42. The van der Waals surface area contributed by atoms with Gasteiger partial charge in [-0.2, -0.15) is 0 Å². The summed E-state index contributed by atoms with van der Waals surface area (Å²) in [5.74, 6) is 0. The summed E-state index contributed by atoms with van der Waals surface area (Å²) >= 11 is 1.71. The first-order valence-corrected chi connectivity index (χ1v) is 7.98. The zero-order valence-corrected chi connectivity index (χ0v) is 12.5. The highest BCUT2D eigenvalue weighted by molar-refractivity contribution is 8.13. The summed E-state index contributed by atoms with van der Waals surface area (Å²) in [5, 5.41) is 1.10. The maximum atomic E-state index is 4.92. The standard InChI is InChI=1S/C17H18N2S/c1-19-16(14-11-7-4-8-12-14)15(18-17(19)20-2)13-9-5-3-6-10-13/h3-12,15-16H,1-2H3/t15-,16+/m0/s1. The number of nitrogens with zero attached hydrogens (tertiary/aromatic N) is 2. The molecule has 2 nitrogen and oxygen atoms in total. The van der Waals surface area contributed by atoms with Crippen LogP contribution in [0.25, 0.3) is 0 Å². The molecule has 0 saturated heterocycles. The minimum atomic E-state index is 0.172. The molecule has 0 fully saturated rings. The van der Waals surface area contributed by atoms with E-state index in [1.165, 1.54) is 11.1 Å². The van der Waals surface area contributed by atoms with E-state index in [2.05, 4.69) is 78.9 Å². The van der Waals surface area contributed by atoms with Gasteiger partial charge in [-0.05, 0) is 17.4 Å². The summed E-state index contributed by atoms with van der Waals surface area (Å²) in [5.41, 5.74) is 2.59. The van der Waals surface area contributed by atoms with Crippen LogP contribution in [0.2, 0.25) is 0 Å². The van der Waals surface area contributed by atoms with E-state index in [9.17, 15) is 0 Å². The van der Waals surface area contributed by atoms with Crippen LogP contribution in [0.15, 0.2) is 65.7 Å². The second-order valence-electron chi connectivity index (χ2n) is 4.94. The topological polar surface area (TPSA) is 15.6 Å². The number of likely N-dealkylation sites (N-methyl/N-ethyl adjacent to an activating group) is 1. The number of thioether (sulfide) groups is 1. The second-order valence-corrected chi connectivity index (χ2v) is 5.71. The number of hydrogen-bond donors (Lipinski definition) is 0. The number of amidine groups is 1. The quantitative estimate of drug-likeness (QED) is 0.823. The molecule has 0 aromatic heterocycles. The van der Waals surface area contributed by atoms with Gasteiger partial charge < -0.3 is 4.90 Å². The molecule has 0 spiro atoms. The molecule has 0 bridgehead atoms. The Morgan fingerprint density at radius 2 is 1.45 bits per heavy atom. The average Bonchev–Trinajstić information content (AvgIpc) is 2.86. The lowest BCUT2D eigenvalue weighted by Crippen LogP contribution is -2.25. The van der Waals surface area contributed by atoms with E-state index in [4.69, 9.17) is 4.99 Å². The maximum absolute atomic E-state index is 4.92. The minimum absolute atomic E-state index is 0.172. The molecule has 0 radical (unpaired) electrons. The highest BCUT2D eigenvalue weighted by Gasteiger charge is 2.35. The molecule has 0 saturated carbocycles. The van der Waals surface area contributed by atoms with Crippen LogP contribution in [0.5, 0.6) is 0 Å². The van der Waals surface area contributed by atoms with Gasteiger partial charge in [0.1, 0.15) is 6.04 Å². The van der Waals surface area contributed by atoms with E-state index >= 15 is 0 Å². The Morgan fingerprint density at radius 3 is 2.00 bits per heavy atom. The first-order valence-electron chi connectivity index (χ1n) is 6.76. The molecule has 2 aromatic carbocycles. The van der Waals surface area contributed by atoms with Crippen LogP contribution < -0.4 is 0 Å². The van der Waals surface area contributed by atoms with Crippen LogP contribution in [-0.4, -0.2) is 23.4 Å². The Hall–Kier alpha value is -1.74. The van der Waals surface area contributed by atoms with Gasteiger partial charge in [0, 0.05) is 7.05 Å². The molecule has 0 N–H and O–H groups in total. The Bertz CT molecular complexity index is 595. The first-order chi connectivity index (χ1) is 9.81. The third-order valence-corrected chi connectivity index (χ3v) is 4.49. The Labute approximate surface area is 124 Å². The minimum Gasteiger partial charge on any atom is -0.345 e. The van der Waals surface area contributed by atoms with Crippen LogP contribution in [0.3, 0.4) is 0 Å². The van der Waals surface area contributed by atoms with E-state index < -0.39 is 0 Å². The van der Waals surface area contributed by atoms with E-state index in [0.717, 1.165) is 5.17 Å². The van der Waals surface area contributed by atoms with Crippen LogP contribution in [0.1, 0.15) is 23.2 Å². The monoisotopic (exact) mass is 282 g/mol. The Kier molecular flexibility index (Phi) is 3.79. The van der Waals surface area contributed by atoms with Crippen molar-refractivity contribution < 1.29 is 0 Å². The van der Waals surface area contributed by atoms with Gasteiger partial charge in [0.25, 0.3) is 0 Å². The highest BCUT2D eigenvalue weighted by atomic mass is 32.2. The molecule has 1 aliphatic heterocycles. The van der Waals surface area contributed by atoms with Crippen LogP contribution in [-0.2, 0) is 0 Å². The Morgan fingerprint density at radius 1 is 0.900 bits per heavy atom. The molecule has 3 rings (SSSR count). The molecule has 0 amide bonds. The largest absolute Gasteiger partial charge is 0.345 e. The zero-order chi connectivity index (χ0) is 13.9. The van der Waals surface area contributed by atoms with Gasteiger partial charge in [-0.25, -0.2) is 0 Å². The van der Waals surface area contributed by atoms with Gasteiger partial charge in [0.15, 0.2) is 5.17 Å². The van der Waals surface area contributed by atoms with Crippen molar-refractivity contribution in [1.29, 1.82) is 0 Å². The molecule has 0 unspecified atom stereocenters. The fraction of sp³-hybridized carbons (Fsp3) is 0.235. The van der Waals surface area contributed by atoms with Gasteiger partial charge in [0.05, 0.1) is 6.04 Å². The number of benzene rings is 2. The summed E-state index contributed by atoms with van der Waals surface area (Å²) in [6, 6.07) is 21.7. The number of hydrogen-bond acceptors (Lipinski definition) is 3. The molecule has 102 valence electrons. The Balaban J connectivity index is 2.03. The zero-order valence-electron chi connectivity index (χ0n) is 11.7. The van der Waals surface area contributed by atoms with Crippen molar-refractivity contribution in [3.05, 3.63) is 71.8 Å². The molecule has 1 aliphatic rings. The summed E-state index contributed by atoms with van der Waals surface area (Å²) in [7, 11) is 2.13. The fourth-order valence-corrected chi connectivity index (χ4v) is 3.39. The molecule has 20 heavy (non-hydrogen) atoms. The summed E-state index contributed by atoms with van der Waals surface area (Å²) in [6.45, 7) is 0. The molecule has 2 atom stereocenters. The van der Waals surface area contributed by atoms with Gasteiger partial charge in [-0.15, -0.1) is 0 Å². The van der Waals surface area contributed by atoms with Crippen LogP contribution >= 0.6 is 11.8 Å². The van der Waals surface area contributed by atoms with Crippen molar-refractivity contribution in [2.75, 3.05) is 13.3 Å². The van der Waals surface area contributed by atoms with E-state index in [-0.39, 0.29) is 12.1 Å². The van der Waals surface area contributed by atoms with E-state index in [1.54, 1.807) is 11.8 Å². The van der Waals surface area contributed by atoms with Crippen molar-refractivity contribution in [2.45, 2.75) is 12.1 Å². The molecular formula is C17H18N2S. The van der Waals surface area contributed by atoms with E-state index in [1.807, 2.05) is 0 Å². The summed E-state index contributed by atoms with van der Waals surface area (Å²) < 4.78 is 0. The fourth-order valence-electron chi connectivity index (χ4n) is 2.77. The molecule has 3 heteroatoms. The number of aliphatic imine (C=N–C) groups is 1. The first kappa shape index (κ1) is 13.3. The molecule has 2 aromatic rings. The van der Waals surface area contributed by atoms with Crippen LogP contribution in [0, 0.1) is 0 Å². The molecular weight excluding hydrogens is 264 g/mol.